The Hall–Kier alpha value is -1.02. The van der Waals surface area contributed by atoms with Crippen molar-refractivity contribution in [2.45, 2.75) is 13.0 Å². The Morgan fingerprint density at radius 3 is 2.58 bits per heavy atom. The van der Waals surface area contributed by atoms with E-state index in [9.17, 15) is 0 Å². The second kappa shape index (κ2) is 4.12. The number of benzene rings is 1. The molecule has 1 unspecified atom stereocenters. The third kappa shape index (κ3) is 1.77. The van der Waals surface area contributed by atoms with Crippen molar-refractivity contribution in [3.63, 3.8) is 0 Å². The lowest BCUT2D eigenvalue weighted by Gasteiger charge is -2.12. The van der Waals surface area contributed by atoms with E-state index in [4.69, 9.17) is 4.74 Å². The van der Waals surface area contributed by atoms with E-state index >= 15 is 0 Å². The minimum atomic E-state index is 0.209. The van der Waals surface area contributed by atoms with Crippen molar-refractivity contribution in [2.24, 2.45) is 0 Å². The zero-order chi connectivity index (χ0) is 8.97. The SMILES string of the molecule is C[N]C(C)c1ccccc1OC. The summed E-state index contributed by atoms with van der Waals surface area (Å²) in [6, 6.07) is 8.17. The highest BCUT2D eigenvalue weighted by molar-refractivity contribution is 5.35. The van der Waals surface area contributed by atoms with E-state index in [0.717, 1.165) is 11.3 Å². The Morgan fingerprint density at radius 2 is 2.00 bits per heavy atom. The number of nitrogens with zero attached hydrogens (tertiary/aromatic N) is 1. The lowest BCUT2D eigenvalue weighted by molar-refractivity contribution is 0.403. The van der Waals surface area contributed by atoms with Crippen LogP contribution in [0.5, 0.6) is 5.75 Å². The van der Waals surface area contributed by atoms with Gasteiger partial charge in [0.15, 0.2) is 0 Å². The topological polar surface area (TPSA) is 23.3 Å². The van der Waals surface area contributed by atoms with E-state index in [1.165, 1.54) is 0 Å². The molecule has 0 fully saturated rings. The summed E-state index contributed by atoms with van der Waals surface area (Å²) in [5.41, 5.74) is 1.14. The third-order valence-electron chi connectivity index (χ3n) is 1.98. The molecule has 0 aliphatic heterocycles. The van der Waals surface area contributed by atoms with E-state index in [1.54, 1.807) is 7.11 Å². The number of rotatable bonds is 3. The lowest BCUT2D eigenvalue weighted by Crippen LogP contribution is -2.06. The molecular formula is C10H14NO. The van der Waals surface area contributed by atoms with Gasteiger partial charge in [-0.15, -0.1) is 0 Å². The molecule has 2 heteroatoms. The number of methoxy groups -OCH3 is 1. The summed E-state index contributed by atoms with van der Waals surface area (Å²) in [6.45, 7) is 2.05. The monoisotopic (exact) mass is 164 g/mol. The Balaban J connectivity index is 2.96. The maximum Gasteiger partial charge on any atom is 0.123 e. The number of hydrogen-bond donors (Lipinski definition) is 0. The summed E-state index contributed by atoms with van der Waals surface area (Å²) >= 11 is 0. The Kier molecular flexibility index (Phi) is 3.11. The first kappa shape index (κ1) is 9.07. The van der Waals surface area contributed by atoms with Gasteiger partial charge in [0.1, 0.15) is 5.75 Å². The summed E-state index contributed by atoms with van der Waals surface area (Å²) in [5.74, 6) is 0.913. The maximum atomic E-state index is 5.21. The molecular weight excluding hydrogens is 150 g/mol. The average molecular weight is 164 g/mol. The molecule has 2 nitrogen and oxygen atoms in total. The zero-order valence-corrected chi connectivity index (χ0v) is 7.74. The number of para-hydroxylation sites is 1. The van der Waals surface area contributed by atoms with Gasteiger partial charge in [-0.1, -0.05) is 18.2 Å². The van der Waals surface area contributed by atoms with Gasteiger partial charge in [0.05, 0.1) is 13.2 Å². The van der Waals surface area contributed by atoms with Gasteiger partial charge >= 0.3 is 0 Å². The fourth-order valence-electron chi connectivity index (χ4n) is 1.15. The van der Waals surface area contributed by atoms with Crippen molar-refractivity contribution in [3.8, 4) is 5.75 Å². The van der Waals surface area contributed by atoms with Crippen LogP contribution in [0.25, 0.3) is 0 Å². The average Bonchev–Trinajstić information content (AvgIpc) is 2.16. The second-order valence-corrected chi connectivity index (χ2v) is 2.68. The Labute approximate surface area is 73.6 Å². The molecule has 0 N–H and O–H groups in total. The van der Waals surface area contributed by atoms with Crippen LogP contribution in [0, 0.1) is 0 Å². The van der Waals surface area contributed by atoms with Gasteiger partial charge in [-0.05, 0) is 13.0 Å². The molecule has 0 saturated heterocycles. The molecule has 0 aliphatic rings. The fourth-order valence-corrected chi connectivity index (χ4v) is 1.15. The van der Waals surface area contributed by atoms with Crippen molar-refractivity contribution in [3.05, 3.63) is 29.8 Å². The molecule has 1 rings (SSSR count). The minimum Gasteiger partial charge on any atom is -0.496 e. The molecule has 0 saturated carbocycles. The molecule has 0 bridgehead atoms. The highest BCUT2D eigenvalue weighted by Crippen LogP contribution is 2.24. The summed E-state index contributed by atoms with van der Waals surface area (Å²) < 4.78 is 5.21. The Bertz CT molecular complexity index is 247. The largest absolute Gasteiger partial charge is 0.496 e. The summed E-state index contributed by atoms with van der Waals surface area (Å²) in [4.78, 5) is 0. The standard InChI is InChI=1S/C10H14NO/c1-8(11-2)9-6-4-5-7-10(9)12-3/h4-8H,1-3H3. The molecule has 1 aromatic rings. The maximum absolute atomic E-state index is 5.21. The van der Waals surface area contributed by atoms with E-state index in [2.05, 4.69) is 12.2 Å². The summed E-state index contributed by atoms with van der Waals surface area (Å²) in [7, 11) is 3.50. The van der Waals surface area contributed by atoms with Crippen LogP contribution in [0.3, 0.4) is 0 Å². The smallest absolute Gasteiger partial charge is 0.123 e. The van der Waals surface area contributed by atoms with Gasteiger partial charge in [0.25, 0.3) is 0 Å². The first-order valence-corrected chi connectivity index (χ1v) is 4.01. The van der Waals surface area contributed by atoms with Crippen LogP contribution >= 0.6 is 0 Å². The molecule has 0 heterocycles. The molecule has 1 aromatic carbocycles. The molecule has 12 heavy (non-hydrogen) atoms. The van der Waals surface area contributed by atoms with Crippen molar-refractivity contribution in [1.29, 1.82) is 0 Å². The molecule has 65 valence electrons. The van der Waals surface area contributed by atoms with Crippen LogP contribution in [0.4, 0.5) is 0 Å². The molecule has 0 amide bonds. The van der Waals surface area contributed by atoms with E-state index in [-0.39, 0.29) is 6.04 Å². The summed E-state index contributed by atoms with van der Waals surface area (Å²) in [5, 5.41) is 4.19. The first-order chi connectivity index (χ1) is 5.79. The van der Waals surface area contributed by atoms with Crippen molar-refractivity contribution >= 4 is 0 Å². The van der Waals surface area contributed by atoms with Crippen LogP contribution in [-0.4, -0.2) is 14.2 Å². The molecule has 0 aromatic heterocycles. The van der Waals surface area contributed by atoms with Gasteiger partial charge in [0, 0.05) is 12.6 Å². The van der Waals surface area contributed by atoms with Crippen molar-refractivity contribution in [2.75, 3.05) is 14.2 Å². The van der Waals surface area contributed by atoms with Gasteiger partial charge in [-0.25, -0.2) is 5.32 Å². The van der Waals surface area contributed by atoms with Crippen molar-refractivity contribution in [1.82, 2.24) is 5.32 Å². The van der Waals surface area contributed by atoms with Gasteiger partial charge < -0.3 is 4.74 Å². The predicted molar refractivity (Wildman–Crippen MR) is 49.5 cm³/mol. The lowest BCUT2D eigenvalue weighted by atomic mass is 10.1. The van der Waals surface area contributed by atoms with Crippen LogP contribution < -0.4 is 10.1 Å². The molecule has 0 aliphatic carbocycles. The van der Waals surface area contributed by atoms with Crippen LogP contribution in [0.15, 0.2) is 24.3 Å². The highest BCUT2D eigenvalue weighted by Gasteiger charge is 2.08. The van der Waals surface area contributed by atoms with Gasteiger partial charge in [0.2, 0.25) is 0 Å². The van der Waals surface area contributed by atoms with Crippen LogP contribution in [0.1, 0.15) is 18.5 Å². The second-order valence-electron chi connectivity index (χ2n) is 2.68. The van der Waals surface area contributed by atoms with E-state index in [0.29, 0.717) is 0 Å². The zero-order valence-electron chi connectivity index (χ0n) is 7.74. The fraction of sp³-hybridized carbons (Fsp3) is 0.400. The normalized spacial score (nSPS) is 12.6. The van der Waals surface area contributed by atoms with Crippen LogP contribution in [-0.2, 0) is 0 Å². The van der Waals surface area contributed by atoms with Gasteiger partial charge in [-0.3, -0.25) is 0 Å². The molecule has 1 radical (unpaired) electrons. The quantitative estimate of drug-likeness (QED) is 0.670. The minimum absolute atomic E-state index is 0.209. The molecule has 1 atom stereocenters. The Morgan fingerprint density at radius 1 is 1.33 bits per heavy atom. The first-order valence-electron chi connectivity index (χ1n) is 4.01. The number of hydrogen-bond acceptors (Lipinski definition) is 1. The van der Waals surface area contributed by atoms with Gasteiger partial charge in [-0.2, -0.15) is 0 Å². The van der Waals surface area contributed by atoms with E-state index in [1.807, 2.05) is 31.3 Å². The number of ether oxygens (including phenoxy) is 1. The van der Waals surface area contributed by atoms with Crippen molar-refractivity contribution < 1.29 is 4.74 Å². The van der Waals surface area contributed by atoms with Crippen LogP contribution in [0.2, 0.25) is 0 Å². The summed E-state index contributed by atoms with van der Waals surface area (Å²) in [6.07, 6.45) is 0. The molecule has 0 spiro atoms. The third-order valence-corrected chi connectivity index (χ3v) is 1.98. The van der Waals surface area contributed by atoms with E-state index < -0.39 is 0 Å². The highest BCUT2D eigenvalue weighted by atomic mass is 16.5. The predicted octanol–water partition coefficient (Wildman–Crippen LogP) is 1.99.